The lowest BCUT2D eigenvalue weighted by molar-refractivity contribution is 0.102. The summed E-state index contributed by atoms with van der Waals surface area (Å²) in [4.78, 5) is 20.5. The summed E-state index contributed by atoms with van der Waals surface area (Å²) in [5.41, 5.74) is 7.24. The molecular formula is C15H11ClN4O. The van der Waals surface area contributed by atoms with Crippen LogP contribution in [-0.2, 0) is 0 Å². The predicted octanol–water partition coefficient (Wildman–Crippen LogP) is 3.12. The molecule has 0 bridgehead atoms. The van der Waals surface area contributed by atoms with Crippen molar-refractivity contribution in [1.29, 1.82) is 0 Å². The number of fused-ring (bicyclic) bond motifs is 1. The van der Waals surface area contributed by atoms with E-state index in [1.165, 1.54) is 0 Å². The van der Waals surface area contributed by atoms with E-state index in [0.29, 0.717) is 21.9 Å². The molecular weight excluding hydrogens is 288 g/mol. The van der Waals surface area contributed by atoms with Crippen molar-refractivity contribution in [3.63, 3.8) is 0 Å². The quantitative estimate of drug-likeness (QED) is 0.761. The van der Waals surface area contributed by atoms with Crippen molar-refractivity contribution < 1.29 is 4.79 Å². The Hall–Kier alpha value is -2.66. The number of rotatable bonds is 2. The summed E-state index contributed by atoms with van der Waals surface area (Å²) in [5, 5.41) is 4.04. The summed E-state index contributed by atoms with van der Waals surface area (Å²) in [5.74, 6) is -0.200. The average molecular weight is 299 g/mol. The van der Waals surface area contributed by atoms with Crippen LogP contribution in [0.1, 0.15) is 10.4 Å². The number of nitrogens with zero attached hydrogens (tertiary/aromatic N) is 2. The van der Waals surface area contributed by atoms with Crippen LogP contribution in [0.2, 0.25) is 5.02 Å². The molecule has 3 N–H and O–H groups in total. The van der Waals surface area contributed by atoms with Gasteiger partial charge in [-0.2, -0.15) is 0 Å². The Morgan fingerprint density at radius 2 is 2.05 bits per heavy atom. The van der Waals surface area contributed by atoms with Crippen molar-refractivity contribution in [2.45, 2.75) is 0 Å². The second-order valence-electron chi connectivity index (χ2n) is 4.44. The van der Waals surface area contributed by atoms with E-state index in [9.17, 15) is 4.79 Å². The summed E-state index contributed by atoms with van der Waals surface area (Å²) in [6.45, 7) is 0. The fourth-order valence-corrected chi connectivity index (χ4v) is 2.16. The highest BCUT2D eigenvalue weighted by Crippen LogP contribution is 2.20. The fraction of sp³-hybridized carbons (Fsp3) is 0. The molecule has 0 fully saturated rings. The Labute approximate surface area is 125 Å². The number of aromatic nitrogens is 2. The maximum Gasteiger partial charge on any atom is 0.259 e. The molecule has 2 heterocycles. The zero-order chi connectivity index (χ0) is 14.8. The molecule has 5 nitrogen and oxygen atoms in total. The SMILES string of the molecule is Nc1nc2ncccc2cc1C(=O)Nc1cccc(Cl)c1. The maximum atomic E-state index is 12.3. The second-order valence-corrected chi connectivity index (χ2v) is 4.87. The monoisotopic (exact) mass is 298 g/mol. The third-order valence-corrected chi connectivity index (χ3v) is 3.18. The van der Waals surface area contributed by atoms with Crippen LogP contribution < -0.4 is 11.1 Å². The molecule has 1 aromatic carbocycles. The van der Waals surface area contributed by atoms with Gasteiger partial charge in [0.2, 0.25) is 0 Å². The molecule has 0 aliphatic heterocycles. The first kappa shape index (κ1) is 13.3. The van der Waals surface area contributed by atoms with Crippen LogP contribution in [0, 0.1) is 0 Å². The van der Waals surface area contributed by atoms with Crippen LogP contribution in [0.25, 0.3) is 11.0 Å². The van der Waals surface area contributed by atoms with Crippen molar-refractivity contribution in [2.24, 2.45) is 0 Å². The number of amides is 1. The van der Waals surface area contributed by atoms with Crippen LogP contribution in [-0.4, -0.2) is 15.9 Å². The lowest BCUT2D eigenvalue weighted by Gasteiger charge is -2.08. The highest BCUT2D eigenvalue weighted by molar-refractivity contribution is 6.31. The minimum Gasteiger partial charge on any atom is -0.383 e. The fourth-order valence-electron chi connectivity index (χ4n) is 1.97. The molecule has 0 saturated carbocycles. The molecule has 0 aliphatic rings. The van der Waals surface area contributed by atoms with Crippen LogP contribution in [0.15, 0.2) is 48.7 Å². The van der Waals surface area contributed by atoms with Gasteiger partial charge in [-0.3, -0.25) is 4.79 Å². The minimum atomic E-state index is -0.340. The van der Waals surface area contributed by atoms with Crippen molar-refractivity contribution in [3.05, 3.63) is 59.2 Å². The Morgan fingerprint density at radius 1 is 1.19 bits per heavy atom. The lowest BCUT2D eigenvalue weighted by Crippen LogP contribution is -2.15. The third-order valence-electron chi connectivity index (χ3n) is 2.95. The predicted molar refractivity (Wildman–Crippen MR) is 83.4 cm³/mol. The van der Waals surface area contributed by atoms with Crippen molar-refractivity contribution in [3.8, 4) is 0 Å². The molecule has 1 amide bonds. The molecule has 0 unspecified atom stereocenters. The number of anilines is 2. The van der Waals surface area contributed by atoms with E-state index < -0.39 is 0 Å². The highest BCUT2D eigenvalue weighted by atomic mass is 35.5. The topological polar surface area (TPSA) is 80.9 Å². The van der Waals surface area contributed by atoms with Gasteiger partial charge in [0.15, 0.2) is 5.65 Å². The van der Waals surface area contributed by atoms with Gasteiger partial charge in [-0.05, 0) is 36.4 Å². The largest absolute Gasteiger partial charge is 0.383 e. The molecule has 3 aromatic rings. The molecule has 0 aliphatic carbocycles. The van der Waals surface area contributed by atoms with Gasteiger partial charge in [0, 0.05) is 22.3 Å². The van der Waals surface area contributed by atoms with E-state index in [1.54, 1.807) is 42.6 Å². The van der Waals surface area contributed by atoms with E-state index in [-0.39, 0.29) is 11.7 Å². The normalized spacial score (nSPS) is 10.5. The molecule has 0 atom stereocenters. The van der Waals surface area contributed by atoms with E-state index in [4.69, 9.17) is 17.3 Å². The Morgan fingerprint density at radius 3 is 2.86 bits per heavy atom. The van der Waals surface area contributed by atoms with Gasteiger partial charge < -0.3 is 11.1 Å². The van der Waals surface area contributed by atoms with Crippen molar-refractivity contribution >= 4 is 40.0 Å². The van der Waals surface area contributed by atoms with Crippen molar-refractivity contribution in [1.82, 2.24) is 9.97 Å². The first-order valence-electron chi connectivity index (χ1n) is 6.21. The van der Waals surface area contributed by atoms with Gasteiger partial charge in [-0.1, -0.05) is 17.7 Å². The number of hydrogen-bond acceptors (Lipinski definition) is 4. The minimum absolute atomic E-state index is 0.140. The lowest BCUT2D eigenvalue weighted by atomic mass is 10.2. The van der Waals surface area contributed by atoms with Gasteiger partial charge in [-0.25, -0.2) is 9.97 Å². The molecule has 21 heavy (non-hydrogen) atoms. The molecule has 0 spiro atoms. The number of benzene rings is 1. The zero-order valence-corrected chi connectivity index (χ0v) is 11.6. The Kier molecular flexibility index (Phi) is 3.41. The van der Waals surface area contributed by atoms with Gasteiger partial charge in [0.1, 0.15) is 5.82 Å². The summed E-state index contributed by atoms with van der Waals surface area (Å²) in [7, 11) is 0. The third kappa shape index (κ3) is 2.78. The number of nitrogens with two attached hydrogens (primary N) is 1. The van der Waals surface area contributed by atoms with Gasteiger partial charge in [0.05, 0.1) is 5.56 Å². The van der Waals surface area contributed by atoms with Gasteiger partial charge in [0.25, 0.3) is 5.91 Å². The standard InChI is InChI=1S/C15H11ClN4O/c16-10-4-1-5-11(8-10)19-15(21)12-7-9-3-2-6-18-14(9)20-13(12)17/h1-8H,(H,19,21)(H2,17,18,20). The number of carbonyl (C=O) groups excluding carboxylic acids is 1. The average Bonchev–Trinajstić information content (AvgIpc) is 2.46. The number of nitrogen functional groups attached to an aromatic ring is 1. The smallest absolute Gasteiger partial charge is 0.259 e. The molecule has 0 radical (unpaired) electrons. The molecule has 6 heteroatoms. The van der Waals surface area contributed by atoms with Crippen LogP contribution in [0.4, 0.5) is 11.5 Å². The number of pyridine rings is 2. The van der Waals surface area contributed by atoms with E-state index in [2.05, 4.69) is 15.3 Å². The molecule has 104 valence electrons. The Bertz CT molecular complexity index is 835. The van der Waals surface area contributed by atoms with Crippen LogP contribution in [0.3, 0.4) is 0 Å². The summed E-state index contributed by atoms with van der Waals surface area (Å²) in [6, 6.07) is 12.2. The number of nitrogens with one attached hydrogen (secondary N) is 1. The maximum absolute atomic E-state index is 12.3. The van der Waals surface area contributed by atoms with Gasteiger partial charge in [-0.15, -0.1) is 0 Å². The van der Waals surface area contributed by atoms with E-state index in [0.717, 1.165) is 5.39 Å². The summed E-state index contributed by atoms with van der Waals surface area (Å²) < 4.78 is 0. The first-order chi connectivity index (χ1) is 10.1. The summed E-state index contributed by atoms with van der Waals surface area (Å²) >= 11 is 5.89. The first-order valence-corrected chi connectivity index (χ1v) is 6.59. The zero-order valence-electron chi connectivity index (χ0n) is 10.9. The second kappa shape index (κ2) is 5.38. The Balaban J connectivity index is 1.96. The summed E-state index contributed by atoms with van der Waals surface area (Å²) in [6.07, 6.45) is 1.63. The van der Waals surface area contributed by atoms with Crippen LogP contribution >= 0.6 is 11.6 Å². The molecule has 0 saturated heterocycles. The highest BCUT2D eigenvalue weighted by Gasteiger charge is 2.13. The van der Waals surface area contributed by atoms with Gasteiger partial charge >= 0.3 is 0 Å². The number of halogens is 1. The molecule has 2 aromatic heterocycles. The molecule has 3 rings (SSSR count). The number of hydrogen-bond donors (Lipinski definition) is 2. The number of carbonyl (C=O) groups is 1. The van der Waals surface area contributed by atoms with E-state index in [1.807, 2.05) is 6.07 Å². The van der Waals surface area contributed by atoms with Crippen LogP contribution in [0.5, 0.6) is 0 Å². The van der Waals surface area contributed by atoms with E-state index >= 15 is 0 Å². The van der Waals surface area contributed by atoms with Crippen molar-refractivity contribution in [2.75, 3.05) is 11.1 Å².